The van der Waals surface area contributed by atoms with Crippen LogP contribution in [0.25, 0.3) is 0 Å². The molecule has 0 saturated carbocycles. The van der Waals surface area contributed by atoms with Gasteiger partial charge in [0.05, 0.1) is 10.5 Å². The maximum Gasteiger partial charge on any atom is 0.243 e. The number of thiophene rings is 1. The largest absolute Gasteiger partial charge is 0.316 e. The molecule has 1 N–H and O–H groups in total. The Morgan fingerprint density at radius 1 is 1.23 bits per heavy atom. The number of rotatable bonds is 4. The highest BCUT2D eigenvalue weighted by molar-refractivity contribution is 7.89. The lowest BCUT2D eigenvalue weighted by molar-refractivity contribution is -0.120. The van der Waals surface area contributed by atoms with Crippen LogP contribution in [0.2, 0.25) is 5.02 Å². The van der Waals surface area contributed by atoms with Crippen LogP contribution in [0, 0.1) is 23.2 Å². The van der Waals surface area contributed by atoms with E-state index in [1.165, 1.54) is 32.7 Å². The van der Waals surface area contributed by atoms with Gasteiger partial charge in [0.25, 0.3) is 0 Å². The molecule has 1 fully saturated rings. The van der Waals surface area contributed by atoms with Crippen LogP contribution in [0.4, 0.5) is 5.00 Å². The van der Waals surface area contributed by atoms with Crippen molar-refractivity contribution in [2.45, 2.75) is 43.9 Å². The highest BCUT2D eigenvalue weighted by atomic mass is 35.5. The second-order valence-electron chi connectivity index (χ2n) is 8.29. The summed E-state index contributed by atoms with van der Waals surface area (Å²) in [7, 11) is -3.60. The van der Waals surface area contributed by atoms with Crippen molar-refractivity contribution in [3.05, 3.63) is 45.3 Å². The van der Waals surface area contributed by atoms with Crippen LogP contribution in [0.5, 0.6) is 0 Å². The van der Waals surface area contributed by atoms with Crippen molar-refractivity contribution in [1.29, 1.82) is 5.26 Å². The molecule has 2 aliphatic rings. The molecule has 1 amide bonds. The van der Waals surface area contributed by atoms with Crippen molar-refractivity contribution in [3.8, 4) is 6.07 Å². The number of benzene rings is 1. The first-order valence-electron chi connectivity index (χ1n) is 10.4. The summed E-state index contributed by atoms with van der Waals surface area (Å²) in [5, 5.41) is 13.7. The normalized spacial score (nSPS) is 20.1. The Balaban J connectivity index is 1.41. The van der Waals surface area contributed by atoms with Gasteiger partial charge in [-0.15, -0.1) is 11.3 Å². The van der Waals surface area contributed by atoms with E-state index in [9.17, 15) is 18.5 Å². The van der Waals surface area contributed by atoms with Gasteiger partial charge in [0.1, 0.15) is 11.1 Å². The van der Waals surface area contributed by atoms with E-state index < -0.39 is 10.0 Å². The number of nitrogens with zero attached hydrogens (tertiary/aromatic N) is 2. The molecule has 0 spiro atoms. The van der Waals surface area contributed by atoms with E-state index in [2.05, 4.69) is 18.3 Å². The number of piperidine rings is 1. The number of halogens is 1. The molecule has 6 nitrogen and oxygen atoms in total. The third kappa shape index (κ3) is 4.51. The summed E-state index contributed by atoms with van der Waals surface area (Å²) < 4.78 is 27.1. The lowest BCUT2D eigenvalue weighted by Crippen LogP contribution is -2.41. The predicted molar refractivity (Wildman–Crippen MR) is 122 cm³/mol. The van der Waals surface area contributed by atoms with E-state index in [0.717, 1.165) is 24.8 Å². The number of sulfonamides is 1. The van der Waals surface area contributed by atoms with Gasteiger partial charge in [-0.05, 0) is 67.9 Å². The number of fused-ring (bicyclic) bond motifs is 1. The third-order valence-corrected chi connectivity index (χ3v) is 9.47. The number of nitriles is 1. The minimum absolute atomic E-state index is 0.133. The first kappa shape index (κ1) is 22.3. The zero-order valence-electron chi connectivity index (χ0n) is 17.2. The summed E-state index contributed by atoms with van der Waals surface area (Å²) in [4.78, 5) is 14.3. The maximum absolute atomic E-state index is 12.9. The Hall–Kier alpha value is -1.92. The summed E-state index contributed by atoms with van der Waals surface area (Å²) in [6.07, 6.45) is 3.79. The minimum atomic E-state index is -3.60. The monoisotopic (exact) mass is 477 g/mol. The lowest BCUT2D eigenvalue weighted by Gasteiger charge is -2.30. The Morgan fingerprint density at radius 3 is 2.55 bits per heavy atom. The van der Waals surface area contributed by atoms with Crippen LogP contribution in [-0.4, -0.2) is 31.7 Å². The Morgan fingerprint density at radius 2 is 1.90 bits per heavy atom. The zero-order valence-corrected chi connectivity index (χ0v) is 19.6. The van der Waals surface area contributed by atoms with Gasteiger partial charge in [-0.1, -0.05) is 18.5 Å². The first-order valence-corrected chi connectivity index (χ1v) is 13.0. The second kappa shape index (κ2) is 8.91. The maximum atomic E-state index is 12.9. The lowest BCUT2D eigenvalue weighted by atomic mass is 9.88. The Kier molecular flexibility index (Phi) is 6.40. The van der Waals surface area contributed by atoms with Crippen LogP contribution >= 0.6 is 22.9 Å². The fourth-order valence-electron chi connectivity index (χ4n) is 4.29. The quantitative estimate of drug-likeness (QED) is 0.704. The van der Waals surface area contributed by atoms with E-state index in [0.29, 0.717) is 34.3 Å². The number of hydrogen-bond acceptors (Lipinski definition) is 5. The summed E-state index contributed by atoms with van der Waals surface area (Å²) in [6, 6.07) is 8.39. The second-order valence-corrected chi connectivity index (χ2v) is 11.8. The molecule has 1 aliphatic heterocycles. The molecular formula is C22H24ClN3O3S2. The number of hydrogen-bond donors (Lipinski definition) is 1. The molecule has 1 aromatic heterocycles. The molecule has 9 heteroatoms. The number of amides is 1. The zero-order chi connectivity index (χ0) is 22.2. The molecule has 1 aliphatic carbocycles. The van der Waals surface area contributed by atoms with Gasteiger partial charge in [-0.3, -0.25) is 4.79 Å². The molecule has 0 radical (unpaired) electrons. The van der Waals surface area contributed by atoms with Crippen LogP contribution in [-0.2, 0) is 27.7 Å². The summed E-state index contributed by atoms with van der Waals surface area (Å²) >= 11 is 7.37. The molecule has 1 saturated heterocycles. The predicted octanol–water partition coefficient (Wildman–Crippen LogP) is 4.44. The topological polar surface area (TPSA) is 90.3 Å². The van der Waals surface area contributed by atoms with Gasteiger partial charge < -0.3 is 5.32 Å². The SMILES string of the molecule is CC1CCc2c(sc(NC(=O)C3CCN(S(=O)(=O)c4ccc(Cl)cc4)CC3)c2C#N)C1. The fourth-order valence-corrected chi connectivity index (χ4v) is 7.24. The molecule has 1 atom stereocenters. The summed E-state index contributed by atoms with van der Waals surface area (Å²) in [5.74, 6) is 0.182. The van der Waals surface area contributed by atoms with Crippen molar-refractivity contribution < 1.29 is 13.2 Å². The van der Waals surface area contributed by atoms with Crippen molar-refractivity contribution in [1.82, 2.24) is 4.31 Å². The van der Waals surface area contributed by atoms with Crippen LogP contribution in [0.15, 0.2) is 29.2 Å². The Labute approximate surface area is 191 Å². The van der Waals surface area contributed by atoms with Crippen molar-refractivity contribution >= 4 is 43.9 Å². The van der Waals surface area contributed by atoms with E-state index in [1.54, 1.807) is 12.1 Å². The van der Waals surface area contributed by atoms with Gasteiger partial charge >= 0.3 is 0 Å². The molecule has 1 unspecified atom stereocenters. The average molecular weight is 478 g/mol. The summed E-state index contributed by atoms with van der Waals surface area (Å²) in [6.45, 7) is 2.78. The molecule has 2 aromatic rings. The molecule has 2 heterocycles. The van der Waals surface area contributed by atoms with E-state index in [-0.39, 0.29) is 29.8 Å². The average Bonchev–Trinajstić information content (AvgIpc) is 3.09. The van der Waals surface area contributed by atoms with Crippen molar-refractivity contribution in [2.75, 3.05) is 18.4 Å². The molecule has 1 aromatic carbocycles. The smallest absolute Gasteiger partial charge is 0.243 e. The van der Waals surface area contributed by atoms with Gasteiger partial charge in [0.15, 0.2) is 0 Å². The van der Waals surface area contributed by atoms with Crippen LogP contribution < -0.4 is 5.32 Å². The fraction of sp³-hybridized carbons (Fsp3) is 0.455. The minimum Gasteiger partial charge on any atom is -0.316 e. The van der Waals surface area contributed by atoms with Crippen LogP contribution in [0.3, 0.4) is 0 Å². The number of anilines is 1. The number of carbonyl (C=O) groups is 1. The van der Waals surface area contributed by atoms with Crippen molar-refractivity contribution in [3.63, 3.8) is 0 Å². The summed E-state index contributed by atoms with van der Waals surface area (Å²) in [5.41, 5.74) is 1.69. The molecule has 4 rings (SSSR count). The van der Waals surface area contributed by atoms with Gasteiger partial charge in [-0.2, -0.15) is 9.57 Å². The number of carbonyl (C=O) groups excluding carboxylic acids is 1. The standard InChI is InChI=1S/C22H24ClN3O3S2/c1-14-2-7-18-19(13-24)22(30-20(18)12-14)25-21(27)15-8-10-26(11-9-15)31(28,29)17-5-3-16(23)4-6-17/h3-6,14-15H,2,7-12H2,1H3,(H,25,27). The van der Waals surface area contributed by atoms with Crippen molar-refractivity contribution in [2.24, 2.45) is 11.8 Å². The van der Waals surface area contributed by atoms with E-state index in [4.69, 9.17) is 11.6 Å². The molecular weight excluding hydrogens is 454 g/mol. The molecule has 164 valence electrons. The highest BCUT2D eigenvalue weighted by Gasteiger charge is 2.33. The number of nitrogens with one attached hydrogen (secondary N) is 1. The van der Waals surface area contributed by atoms with Gasteiger partial charge in [0, 0.05) is 28.9 Å². The first-order chi connectivity index (χ1) is 14.8. The highest BCUT2D eigenvalue weighted by Crippen LogP contribution is 2.39. The third-order valence-electron chi connectivity index (χ3n) is 6.14. The Bertz CT molecular complexity index is 1130. The molecule has 31 heavy (non-hydrogen) atoms. The molecule has 0 bridgehead atoms. The van der Waals surface area contributed by atoms with Gasteiger partial charge in [-0.25, -0.2) is 8.42 Å². The van der Waals surface area contributed by atoms with E-state index in [1.807, 2.05) is 0 Å². The van der Waals surface area contributed by atoms with Crippen LogP contribution in [0.1, 0.15) is 42.2 Å². The van der Waals surface area contributed by atoms with E-state index >= 15 is 0 Å². The van der Waals surface area contributed by atoms with Gasteiger partial charge in [0.2, 0.25) is 15.9 Å².